The van der Waals surface area contributed by atoms with Crippen molar-refractivity contribution in [2.45, 2.75) is 0 Å². The third-order valence-corrected chi connectivity index (χ3v) is 0.289. The summed E-state index contributed by atoms with van der Waals surface area (Å²) in [5.41, 5.74) is 22.3. The van der Waals surface area contributed by atoms with Crippen LogP contribution in [0.3, 0.4) is 0 Å². The molecule has 0 aromatic heterocycles. The molecule has 8 nitrogen and oxygen atoms in total. The van der Waals surface area contributed by atoms with E-state index in [9.17, 15) is 0 Å². The third kappa shape index (κ3) is 315. The van der Waals surface area contributed by atoms with Gasteiger partial charge in [0, 0.05) is 0 Å². The fraction of sp³-hybridized carbons (Fsp3) is 1.00. The van der Waals surface area contributed by atoms with Gasteiger partial charge in [-0.25, -0.2) is 0 Å². The summed E-state index contributed by atoms with van der Waals surface area (Å²) in [6, 6.07) is 0. The SMILES string of the molecule is O=S(=O)(O)O.[NH-]CCN.[NH-]CCN.[Ni+2]. The van der Waals surface area contributed by atoms with Crippen molar-refractivity contribution in [2.75, 3.05) is 26.2 Å². The molecular weight excluding hydrogens is 259 g/mol. The average molecular weight is 275 g/mol. The van der Waals surface area contributed by atoms with Gasteiger partial charge in [-0.1, -0.05) is 0 Å². The fourth-order valence-corrected chi connectivity index (χ4v) is 0. The topological polar surface area (TPSA) is 174 Å². The van der Waals surface area contributed by atoms with Crippen molar-refractivity contribution >= 4 is 10.4 Å². The number of hydrogen-bond acceptors (Lipinski definition) is 4. The van der Waals surface area contributed by atoms with E-state index >= 15 is 0 Å². The predicted octanol–water partition coefficient (Wildman–Crippen LogP) is -0.661. The minimum atomic E-state index is -4.67. The van der Waals surface area contributed by atoms with Crippen LogP contribution in [-0.2, 0) is 26.9 Å². The van der Waals surface area contributed by atoms with Crippen LogP contribution in [0.5, 0.6) is 0 Å². The number of hydrogen-bond donors (Lipinski definition) is 4. The van der Waals surface area contributed by atoms with E-state index < -0.39 is 10.4 Å². The molecule has 0 aliphatic rings. The normalized spacial score (nSPS) is 8.43. The van der Waals surface area contributed by atoms with Crippen molar-refractivity contribution in [3.63, 3.8) is 0 Å². The second-order valence-electron chi connectivity index (χ2n) is 1.53. The van der Waals surface area contributed by atoms with Crippen molar-refractivity contribution in [2.24, 2.45) is 11.5 Å². The molecule has 0 rings (SSSR count). The van der Waals surface area contributed by atoms with Gasteiger partial charge < -0.3 is 22.9 Å². The van der Waals surface area contributed by atoms with Crippen molar-refractivity contribution in [3.8, 4) is 0 Å². The van der Waals surface area contributed by atoms with Gasteiger partial charge in [-0.3, -0.25) is 9.11 Å². The smallest absolute Gasteiger partial charge is 0.676 e. The Hall–Kier alpha value is 0.204. The minimum absolute atomic E-state index is 0. The van der Waals surface area contributed by atoms with Gasteiger partial charge in [0.2, 0.25) is 0 Å². The monoisotopic (exact) mass is 274 g/mol. The van der Waals surface area contributed by atoms with E-state index in [-0.39, 0.29) is 16.5 Å². The molecule has 0 aromatic carbocycles. The Morgan fingerprint density at radius 2 is 1.07 bits per heavy atom. The summed E-state index contributed by atoms with van der Waals surface area (Å²) in [4.78, 5) is 0. The van der Waals surface area contributed by atoms with Crippen LogP contribution in [-0.4, -0.2) is 43.7 Å². The van der Waals surface area contributed by atoms with E-state index in [1.165, 1.54) is 0 Å². The molecule has 0 amide bonds. The van der Waals surface area contributed by atoms with Crippen LogP contribution in [0.15, 0.2) is 0 Å². The Labute approximate surface area is 93.9 Å². The summed E-state index contributed by atoms with van der Waals surface area (Å²) < 4.78 is 31.6. The molecule has 0 saturated carbocycles. The van der Waals surface area contributed by atoms with Gasteiger partial charge in [0.1, 0.15) is 0 Å². The van der Waals surface area contributed by atoms with Crippen LogP contribution in [0.25, 0.3) is 11.5 Å². The molecule has 0 aliphatic heterocycles. The Bertz CT molecular complexity index is 149. The van der Waals surface area contributed by atoms with Crippen molar-refractivity contribution in [1.82, 2.24) is 0 Å². The van der Waals surface area contributed by atoms with E-state index in [0.29, 0.717) is 26.2 Å². The first-order valence-corrected chi connectivity index (χ1v) is 4.62. The Balaban J connectivity index is -0.0000000522. The molecule has 8 N–H and O–H groups in total. The zero-order chi connectivity index (χ0) is 11.3. The van der Waals surface area contributed by atoms with Gasteiger partial charge in [0.05, 0.1) is 0 Å². The van der Waals surface area contributed by atoms with E-state index in [1.807, 2.05) is 0 Å². The standard InChI is InChI=1S/2C2H7N2.Ni.H2O4S/c2*3-1-2-4;;1-5(2,3)4/h2*3H,1-2,4H2;;(H2,1,2,3,4)/q2*-1;+2;. The van der Waals surface area contributed by atoms with Gasteiger partial charge in [-0.2, -0.15) is 8.42 Å². The van der Waals surface area contributed by atoms with E-state index in [2.05, 4.69) is 0 Å². The average Bonchev–Trinajstić information content (AvgIpc) is 2.01. The molecule has 10 heteroatoms. The third-order valence-electron chi connectivity index (χ3n) is 0.289. The summed E-state index contributed by atoms with van der Waals surface area (Å²) in [5.74, 6) is 0. The van der Waals surface area contributed by atoms with Crippen LogP contribution in [0, 0.1) is 0 Å². The van der Waals surface area contributed by atoms with E-state index in [0.717, 1.165) is 0 Å². The molecule has 92 valence electrons. The summed E-state index contributed by atoms with van der Waals surface area (Å²) >= 11 is 0. The summed E-state index contributed by atoms with van der Waals surface area (Å²) in [6.45, 7) is 1.67. The first-order chi connectivity index (χ1) is 5.83. The van der Waals surface area contributed by atoms with Crippen LogP contribution in [0.1, 0.15) is 0 Å². The molecule has 0 saturated heterocycles. The summed E-state index contributed by atoms with van der Waals surface area (Å²) in [5, 5.41) is 0. The first-order valence-electron chi connectivity index (χ1n) is 3.22. The molecule has 0 fully saturated rings. The van der Waals surface area contributed by atoms with E-state index in [4.69, 9.17) is 40.5 Å². The zero-order valence-corrected chi connectivity index (χ0v) is 9.22. The number of rotatable bonds is 2. The van der Waals surface area contributed by atoms with Gasteiger partial charge in [0.25, 0.3) is 0 Å². The van der Waals surface area contributed by atoms with Crippen LogP contribution in [0.4, 0.5) is 0 Å². The molecule has 0 heterocycles. The van der Waals surface area contributed by atoms with Crippen LogP contribution in [0.2, 0.25) is 0 Å². The number of nitrogens with two attached hydrogens (primary N) is 2. The van der Waals surface area contributed by atoms with Crippen molar-refractivity contribution in [1.29, 1.82) is 0 Å². The van der Waals surface area contributed by atoms with Crippen molar-refractivity contribution in [3.05, 3.63) is 11.5 Å². The Morgan fingerprint density at radius 1 is 1.00 bits per heavy atom. The fourth-order valence-electron chi connectivity index (χ4n) is 0. The van der Waals surface area contributed by atoms with Crippen molar-refractivity contribution < 1.29 is 34.0 Å². The second kappa shape index (κ2) is 18.9. The minimum Gasteiger partial charge on any atom is -0.676 e. The van der Waals surface area contributed by atoms with Gasteiger partial charge in [-0.15, -0.1) is 13.1 Å². The Morgan fingerprint density at radius 3 is 1.07 bits per heavy atom. The van der Waals surface area contributed by atoms with Crippen LogP contribution < -0.4 is 11.5 Å². The molecule has 0 radical (unpaired) electrons. The van der Waals surface area contributed by atoms with Gasteiger partial charge >= 0.3 is 26.9 Å². The largest absolute Gasteiger partial charge is 2.00 e. The molecule has 0 spiro atoms. The predicted molar refractivity (Wildman–Crippen MR) is 50.7 cm³/mol. The molecule has 0 aliphatic carbocycles. The van der Waals surface area contributed by atoms with Gasteiger partial charge in [-0.05, 0) is 13.1 Å². The number of nitrogens with one attached hydrogen (secondary N) is 2. The summed E-state index contributed by atoms with van der Waals surface area (Å²) in [7, 11) is -4.67. The van der Waals surface area contributed by atoms with Crippen LogP contribution >= 0.6 is 0 Å². The molecule has 0 aromatic rings. The van der Waals surface area contributed by atoms with E-state index in [1.54, 1.807) is 0 Å². The molecular formula is C4H16N4NiO4S. The zero-order valence-electron chi connectivity index (χ0n) is 7.42. The quantitative estimate of drug-likeness (QED) is 0.384. The maximum atomic E-state index is 8.74. The Kier molecular flexibility index (Phi) is 32.1. The second-order valence-corrected chi connectivity index (χ2v) is 2.42. The van der Waals surface area contributed by atoms with Gasteiger partial charge in [0.15, 0.2) is 0 Å². The maximum absolute atomic E-state index is 8.74. The molecule has 0 bridgehead atoms. The molecule has 0 unspecified atom stereocenters. The molecule has 0 atom stereocenters. The first kappa shape index (κ1) is 23.8. The maximum Gasteiger partial charge on any atom is 2.00 e. The molecule has 14 heavy (non-hydrogen) atoms. The summed E-state index contributed by atoms with van der Waals surface area (Å²) in [6.07, 6.45) is 0.